The van der Waals surface area contributed by atoms with E-state index in [1.807, 2.05) is 26.1 Å². The van der Waals surface area contributed by atoms with Crippen molar-refractivity contribution in [2.75, 3.05) is 28.7 Å². The Morgan fingerprint density at radius 3 is 2.83 bits per heavy atom. The molecule has 148 valence electrons. The average molecular weight is 393 g/mol. The highest BCUT2D eigenvalue weighted by Gasteiger charge is 2.30. The van der Waals surface area contributed by atoms with Crippen molar-refractivity contribution in [2.45, 2.75) is 19.4 Å². The molecule has 8 nitrogen and oxygen atoms in total. The van der Waals surface area contributed by atoms with Gasteiger partial charge in [-0.05, 0) is 31.5 Å². The van der Waals surface area contributed by atoms with Gasteiger partial charge in [-0.15, -0.1) is 0 Å². The van der Waals surface area contributed by atoms with Gasteiger partial charge >= 0.3 is 6.03 Å². The molecule has 0 spiro atoms. The molecule has 0 saturated carbocycles. The van der Waals surface area contributed by atoms with Crippen LogP contribution in [0.4, 0.5) is 26.5 Å². The number of urea groups is 1. The Bertz CT molecular complexity index is 1030. The molecule has 29 heavy (non-hydrogen) atoms. The summed E-state index contributed by atoms with van der Waals surface area (Å²) in [6.45, 7) is 2.74. The van der Waals surface area contributed by atoms with E-state index in [2.05, 4.69) is 25.2 Å². The Labute approximate surface area is 167 Å². The van der Waals surface area contributed by atoms with Gasteiger partial charge in [0.2, 0.25) is 5.95 Å². The van der Waals surface area contributed by atoms with E-state index in [0.717, 1.165) is 18.7 Å². The van der Waals surface area contributed by atoms with Crippen LogP contribution < -0.4 is 15.1 Å². The quantitative estimate of drug-likeness (QED) is 0.672. The molecule has 0 saturated heterocycles. The number of hydrogen-bond donors (Lipinski definition) is 1. The number of anilines is 3. The highest BCUT2D eigenvalue weighted by atomic mass is 19.1. The zero-order valence-corrected chi connectivity index (χ0v) is 16.1. The number of pyridine rings is 2. The van der Waals surface area contributed by atoms with Crippen LogP contribution in [0.2, 0.25) is 0 Å². The van der Waals surface area contributed by atoms with Crippen LogP contribution in [0.3, 0.4) is 0 Å². The van der Waals surface area contributed by atoms with Crippen LogP contribution in [0.25, 0.3) is 11.3 Å². The molecule has 0 bridgehead atoms. The molecule has 1 aliphatic rings. The number of carbonyl (C=O) groups excluding carboxylic acids is 1. The first-order valence-electron chi connectivity index (χ1n) is 9.23. The SMILES string of the molecule is C[C@@H]1CCN(C)c2ccc(-c3ccnc(F)c3)nc2N1C(=O)Nc1cnccn1. The molecule has 4 rings (SSSR count). The summed E-state index contributed by atoms with van der Waals surface area (Å²) in [7, 11) is 1.96. The lowest BCUT2D eigenvalue weighted by Crippen LogP contribution is -2.42. The van der Waals surface area contributed by atoms with E-state index < -0.39 is 5.95 Å². The second kappa shape index (κ2) is 7.78. The van der Waals surface area contributed by atoms with Crippen molar-refractivity contribution in [3.05, 3.63) is 55.0 Å². The number of fused-ring (bicyclic) bond motifs is 1. The monoisotopic (exact) mass is 393 g/mol. The first kappa shape index (κ1) is 18.7. The summed E-state index contributed by atoms with van der Waals surface area (Å²) in [5.74, 6) is 0.284. The van der Waals surface area contributed by atoms with Crippen molar-refractivity contribution < 1.29 is 9.18 Å². The third kappa shape index (κ3) is 3.84. The van der Waals surface area contributed by atoms with Crippen molar-refractivity contribution in [1.29, 1.82) is 0 Å². The maximum Gasteiger partial charge on any atom is 0.329 e. The second-order valence-electron chi connectivity index (χ2n) is 6.86. The first-order valence-corrected chi connectivity index (χ1v) is 9.23. The van der Waals surface area contributed by atoms with Crippen molar-refractivity contribution in [1.82, 2.24) is 19.9 Å². The Morgan fingerprint density at radius 1 is 1.21 bits per heavy atom. The fourth-order valence-electron chi connectivity index (χ4n) is 3.31. The molecule has 4 heterocycles. The predicted molar refractivity (Wildman–Crippen MR) is 108 cm³/mol. The van der Waals surface area contributed by atoms with Crippen molar-refractivity contribution >= 4 is 23.4 Å². The molecule has 1 aliphatic heterocycles. The molecule has 2 amide bonds. The maximum atomic E-state index is 13.6. The van der Waals surface area contributed by atoms with Crippen molar-refractivity contribution in [3.63, 3.8) is 0 Å². The van der Waals surface area contributed by atoms with E-state index in [1.165, 1.54) is 30.9 Å². The second-order valence-corrected chi connectivity index (χ2v) is 6.86. The highest BCUT2D eigenvalue weighted by Crippen LogP contribution is 2.35. The lowest BCUT2D eigenvalue weighted by molar-refractivity contribution is 0.255. The Hall–Kier alpha value is -3.62. The zero-order chi connectivity index (χ0) is 20.4. The van der Waals surface area contributed by atoms with Gasteiger partial charge in [-0.3, -0.25) is 15.2 Å². The molecule has 0 aliphatic carbocycles. The molecule has 0 aromatic carbocycles. The van der Waals surface area contributed by atoms with Crippen LogP contribution in [-0.4, -0.2) is 45.6 Å². The summed E-state index contributed by atoms with van der Waals surface area (Å²) < 4.78 is 13.6. The summed E-state index contributed by atoms with van der Waals surface area (Å²) in [5, 5.41) is 2.78. The van der Waals surface area contributed by atoms with Crippen LogP contribution in [0.5, 0.6) is 0 Å². The smallest absolute Gasteiger partial charge is 0.329 e. The first-order chi connectivity index (χ1) is 14.0. The summed E-state index contributed by atoms with van der Waals surface area (Å²) >= 11 is 0. The highest BCUT2D eigenvalue weighted by molar-refractivity contribution is 6.03. The van der Waals surface area contributed by atoms with Gasteiger partial charge in [-0.1, -0.05) is 0 Å². The summed E-state index contributed by atoms with van der Waals surface area (Å²) in [6, 6.07) is 6.27. The van der Waals surface area contributed by atoms with Gasteiger partial charge in [0.25, 0.3) is 0 Å². The van der Waals surface area contributed by atoms with Gasteiger partial charge in [0, 0.05) is 49.9 Å². The lowest BCUT2D eigenvalue weighted by Gasteiger charge is -2.27. The third-order valence-corrected chi connectivity index (χ3v) is 4.86. The number of rotatable bonds is 2. The Kier molecular flexibility index (Phi) is 5.03. The van der Waals surface area contributed by atoms with Gasteiger partial charge < -0.3 is 4.90 Å². The van der Waals surface area contributed by atoms with Crippen LogP contribution >= 0.6 is 0 Å². The predicted octanol–water partition coefficient (Wildman–Crippen LogP) is 3.34. The standard InChI is InChI=1S/C20H20FN7O/c1-13-6-10-27(2)16-4-3-15(14-5-7-23-17(21)11-14)25-19(16)28(13)20(29)26-18-12-22-8-9-24-18/h3-5,7-9,11-13H,6,10H2,1-2H3,(H,24,26,29)/t13-/m1/s1. The number of halogens is 1. The van der Waals surface area contributed by atoms with Crippen LogP contribution in [-0.2, 0) is 0 Å². The minimum atomic E-state index is -0.581. The molecule has 0 radical (unpaired) electrons. The number of amides is 2. The summed E-state index contributed by atoms with van der Waals surface area (Å²) in [4.78, 5) is 33.2. The van der Waals surface area contributed by atoms with Crippen LogP contribution in [0.15, 0.2) is 49.1 Å². The maximum absolute atomic E-state index is 13.6. The minimum Gasteiger partial charge on any atom is -0.372 e. The molecular formula is C20H20FN7O. The van der Waals surface area contributed by atoms with Gasteiger partial charge in [0.05, 0.1) is 17.6 Å². The van der Waals surface area contributed by atoms with E-state index in [1.54, 1.807) is 11.0 Å². The fraction of sp³-hybridized carbons (Fsp3) is 0.250. The largest absolute Gasteiger partial charge is 0.372 e. The van der Waals surface area contributed by atoms with E-state index in [0.29, 0.717) is 22.9 Å². The van der Waals surface area contributed by atoms with Crippen LogP contribution in [0, 0.1) is 5.95 Å². The van der Waals surface area contributed by atoms with E-state index >= 15 is 0 Å². The van der Waals surface area contributed by atoms with Gasteiger partial charge in [-0.2, -0.15) is 4.39 Å². The third-order valence-electron chi connectivity index (χ3n) is 4.86. The fourth-order valence-corrected chi connectivity index (χ4v) is 3.31. The lowest BCUT2D eigenvalue weighted by atomic mass is 10.1. The molecular weight excluding hydrogens is 373 g/mol. The van der Waals surface area contributed by atoms with Gasteiger partial charge in [0.1, 0.15) is 0 Å². The van der Waals surface area contributed by atoms with E-state index in [-0.39, 0.29) is 12.1 Å². The van der Waals surface area contributed by atoms with E-state index in [9.17, 15) is 9.18 Å². The normalized spacial score (nSPS) is 16.2. The number of nitrogens with zero attached hydrogens (tertiary/aromatic N) is 6. The molecule has 3 aromatic rings. The molecule has 1 atom stereocenters. The number of aromatic nitrogens is 4. The molecule has 0 unspecified atom stereocenters. The zero-order valence-electron chi connectivity index (χ0n) is 16.1. The van der Waals surface area contributed by atoms with Crippen molar-refractivity contribution in [3.8, 4) is 11.3 Å². The summed E-state index contributed by atoms with van der Waals surface area (Å²) in [6.07, 6.45) is 6.69. The summed E-state index contributed by atoms with van der Waals surface area (Å²) in [5.41, 5.74) is 1.97. The van der Waals surface area contributed by atoms with Crippen LogP contribution in [0.1, 0.15) is 13.3 Å². The molecule has 9 heteroatoms. The van der Waals surface area contributed by atoms with Gasteiger partial charge in [-0.25, -0.2) is 19.7 Å². The Balaban J connectivity index is 1.76. The van der Waals surface area contributed by atoms with E-state index in [4.69, 9.17) is 4.98 Å². The molecule has 1 N–H and O–H groups in total. The van der Waals surface area contributed by atoms with Gasteiger partial charge in [0.15, 0.2) is 11.6 Å². The number of nitrogens with one attached hydrogen (secondary N) is 1. The number of carbonyl (C=O) groups is 1. The number of hydrogen-bond acceptors (Lipinski definition) is 6. The minimum absolute atomic E-state index is 0.104. The average Bonchev–Trinajstić information content (AvgIpc) is 2.84. The molecule has 0 fully saturated rings. The topological polar surface area (TPSA) is 87.1 Å². The molecule has 3 aromatic heterocycles. The van der Waals surface area contributed by atoms with Crippen molar-refractivity contribution in [2.24, 2.45) is 0 Å². The Morgan fingerprint density at radius 2 is 2.07 bits per heavy atom.